The van der Waals surface area contributed by atoms with E-state index in [2.05, 4.69) is 4.99 Å². The average molecular weight is 169 g/mol. The molecule has 0 spiro atoms. The molecule has 1 rings (SSSR count). The summed E-state index contributed by atoms with van der Waals surface area (Å²) < 4.78 is 0. The number of allylic oxidation sites excluding steroid dienone is 3. The summed E-state index contributed by atoms with van der Waals surface area (Å²) in [6.45, 7) is 1.95. The van der Waals surface area contributed by atoms with Gasteiger partial charge in [-0.1, -0.05) is 18.5 Å². The van der Waals surface area contributed by atoms with Crippen LogP contribution in [0.5, 0.6) is 0 Å². The van der Waals surface area contributed by atoms with Crippen molar-refractivity contribution >= 4 is 23.5 Å². The largest absolute Gasteiger partial charge is 0.300 e. The van der Waals surface area contributed by atoms with Crippen LogP contribution < -0.4 is 0 Å². The van der Waals surface area contributed by atoms with Crippen molar-refractivity contribution in [3.63, 3.8) is 0 Å². The third-order valence-corrected chi connectivity index (χ3v) is 1.89. The number of nitrogens with zero attached hydrogens (tertiary/aromatic N) is 1. The summed E-state index contributed by atoms with van der Waals surface area (Å²) in [5.41, 5.74) is 1.17. The van der Waals surface area contributed by atoms with Gasteiger partial charge in [0.05, 0.1) is 5.71 Å². The van der Waals surface area contributed by atoms with E-state index >= 15 is 0 Å². The zero-order valence-corrected chi connectivity index (χ0v) is 7.02. The van der Waals surface area contributed by atoms with Gasteiger partial charge in [0.2, 0.25) is 0 Å². The van der Waals surface area contributed by atoms with Gasteiger partial charge in [0.25, 0.3) is 0 Å². The molecule has 58 valence electrons. The van der Waals surface area contributed by atoms with E-state index in [1.807, 2.05) is 6.92 Å². The van der Waals surface area contributed by atoms with Crippen molar-refractivity contribution in [2.75, 3.05) is 0 Å². The quantitative estimate of drug-likeness (QED) is 0.625. The first kappa shape index (κ1) is 8.21. The fraction of sp³-hybridized carbons (Fsp3) is 0.250. The Bertz CT molecular complexity index is 261. The molecule has 1 N–H and O–H groups in total. The van der Waals surface area contributed by atoms with Crippen LogP contribution in [0.15, 0.2) is 27.9 Å². The van der Waals surface area contributed by atoms with Crippen molar-refractivity contribution in [1.29, 1.82) is 5.41 Å². The van der Waals surface area contributed by atoms with Gasteiger partial charge in [-0.3, -0.25) is 4.99 Å². The first-order valence-electron chi connectivity index (χ1n) is 3.43. The van der Waals surface area contributed by atoms with Crippen molar-refractivity contribution in [3.8, 4) is 0 Å². The number of hydrogen-bond donors (Lipinski definition) is 1. The maximum absolute atomic E-state index is 7.46. The maximum Gasteiger partial charge on any atom is 0.0654 e. The lowest BCUT2D eigenvalue weighted by molar-refractivity contribution is 1.19. The summed E-state index contributed by atoms with van der Waals surface area (Å²) in [4.78, 5) is 3.89. The molecule has 0 amide bonds. The van der Waals surface area contributed by atoms with Crippen molar-refractivity contribution in [2.24, 2.45) is 4.99 Å². The Kier molecular flexibility index (Phi) is 2.60. The van der Waals surface area contributed by atoms with Crippen LogP contribution in [0.25, 0.3) is 0 Å². The molecule has 1 aliphatic rings. The minimum atomic E-state index is 0.437. The Morgan fingerprint density at radius 1 is 1.73 bits per heavy atom. The Morgan fingerprint density at radius 2 is 2.45 bits per heavy atom. The molecule has 0 saturated heterocycles. The SMILES string of the molecule is CC/C(Cl)=C1/C=NC=CC1=N. The fourth-order valence-corrected chi connectivity index (χ4v) is 0.952. The first-order chi connectivity index (χ1) is 5.25. The van der Waals surface area contributed by atoms with Gasteiger partial charge in [-0.15, -0.1) is 0 Å². The molecule has 0 saturated carbocycles. The fourth-order valence-electron chi connectivity index (χ4n) is 0.801. The zero-order chi connectivity index (χ0) is 8.27. The second-order valence-corrected chi connectivity index (χ2v) is 2.64. The Labute approximate surface area is 70.8 Å². The molecular formula is C8H9ClN2. The first-order valence-corrected chi connectivity index (χ1v) is 3.80. The molecule has 2 nitrogen and oxygen atoms in total. The van der Waals surface area contributed by atoms with E-state index in [0.717, 1.165) is 12.0 Å². The average Bonchev–Trinajstić information content (AvgIpc) is 2.04. The molecule has 3 heteroatoms. The minimum absolute atomic E-state index is 0.437. The van der Waals surface area contributed by atoms with Gasteiger partial charge in [-0.2, -0.15) is 0 Å². The highest BCUT2D eigenvalue weighted by molar-refractivity contribution is 6.36. The van der Waals surface area contributed by atoms with Crippen LogP contribution in [0.3, 0.4) is 0 Å². The molecule has 1 aliphatic heterocycles. The second-order valence-electron chi connectivity index (χ2n) is 2.18. The summed E-state index contributed by atoms with van der Waals surface area (Å²) in [5.74, 6) is 0. The Hall–Kier alpha value is -0.890. The number of aliphatic imine (C=N–C) groups is 1. The van der Waals surface area contributed by atoms with Gasteiger partial charge < -0.3 is 5.41 Å². The van der Waals surface area contributed by atoms with Crippen LogP contribution in [-0.4, -0.2) is 11.9 Å². The van der Waals surface area contributed by atoms with Crippen molar-refractivity contribution in [3.05, 3.63) is 22.9 Å². The molecule has 0 aromatic carbocycles. The summed E-state index contributed by atoms with van der Waals surface area (Å²) in [6, 6.07) is 0. The minimum Gasteiger partial charge on any atom is -0.300 e. The second kappa shape index (κ2) is 3.49. The van der Waals surface area contributed by atoms with E-state index in [4.69, 9.17) is 17.0 Å². The van der Waals surface area contributed by atoms with Gasteiger partial charge in [-0.25, -0.2) is 0 Å². The Morgan fingerprint density at radius 3 is 3.00 bits per heavy atom. The molecule has 0 aromatic rings. The van der Waals surface area contributed by atoms with Crippen molar-refractivity contribution in [1.82, 2.24) is 0 Å². The van der Waals surface area contributed by atoms with Crippen molar-refractivity contribution < 1.29 is 0 Å². The van der Waals surface area contributed by atoms with E-state index in [1.165, 1.54) is 0 Å². The van der Waals surface area contributed by atoms with Crippen LogP contribution in [0.4, 0.5) is 0 Å². The molecular weight excluding hydrogens is 160 g/mol. The van der Waals surface area contributed by atoms with Gasteiger partial charge in [-0.05, 0) is 12.5 Å². The van der Waals surface area contributed by atoms with Crippen LogP contribution in [0.2, 0.25) is 0 Å². The summed E-state index contributed by atoms with van der Waals surface area (Å²) in [5, 5.41) is 8.16. The number of rotatable bonds is 1. The number of nitrogens with one attached hydrogen (secondary N) is 1. The lowest BCUT2D eigenvalue weighted by atomic mass is 10.1. The third-order valence-electron chi connectivity index (χ3n) is 1.42. The predicted octanol–water partition coefficient (Wildman–Crippen LogP) is 2.51. The van der Waals surface area contributed by atoms with E-state index in [-0.39, 0.29) is 0 Å². The van der Waals surface area contributed by atoms with Crippen LogP contribution in [0, 0.1) is 5.41 Å². The molecule has 0 aromatic heterocycles. The molecule has 1 heterocycles. The molecule has 11 heavy (non-hydrogen) atoms. The number of halogens is 1. The lowest BCUT2D eigenvalue weighted by Crippen LogP contribution is -2.03. The molecule has 0 radical (unpaired) electrons. The van der Waals surface area contributed by atoms with E-state index in [1.54, 1.807) is 18.5 Å². The van der Waals surface area contributed by atoms with E-state index in [9.17, 15) is 0 Å². The van der Waals surface area contributed by atoms with Crippen LogP contribution in [0.1, 0.15) is 13.3 Å². The standard InChI is InChI=1S/C8H9ClN2/c1-2-7(9)6-5-11-4-3-8(6)10/h3-5,10H,2H2,1H3/b7-6+,10-8?. The monoisotopic (exact) mass is 168 g/mol. The molecule has 0 atom stereocenters. The molecule has 0 bridgehead atoms. The lowest BCUT2D eigenvalue weighted by Gasteiger charge is -2.04. The molecule has 0 unspecified atom stereocenters. The van der Waals surface area contributed by atoms with Crippen molar-refractivity contribution in [2.45, 2.75) is 13.3 Å². The van der Waals surface area contributed by atoms with Gasteiger partial charge >= 0.3 is 0 Å². The Balaban J connectivity index is 2.98. The maximum atomic E-state index is 7.46. The molecule has 0 fully saturated rings. The summed E-state index contributed by atoms with van der Waals surface area (Å²) >= 11 is 5.85. The molecule has 0 aliphatic carbocycles. The highest BCUT2D eigenvalue weighted by Crippen LogP contribution is 2.15. The highest BCUT2D eigenvalue weighted by Gasteiger charge is 2.06. The topological polar surface area (TPSA) is 36.2 Å². The predicted molar refractivity (Wildman–Crippen MR) is 48.5 cm³/mol. The van der Waals surface area contributed by atoms with E-state index in [0.29, 0.717) is 10.7 Å². The van der Waals surface area contributed by atoms with Crippen LogP contribution >= 0.6 is 11.6 Å². The summed E-state index contributed by atoms with van der Waals surface area (Å²) in [6.07, 6.45) is 5.59. The number of hydrogen-bond acceptors (Lipinski definition) is 2. The highest BCUT2D eigenvalue weighted by atomic mass is 35.5. The third kappa shape index (κ3) is 1.77. The van der Waals surface area contributed by atoms with Gasteiger partial charge in [0, 0.05) is 23.0 Å². The zero-order valence-electron chi connectivity index (χ0n) is 6.26. The normalized spacial score (nSPS) is 20.7. The van der Waals surface area contributed by atoms with Crippen LogP contribution in [-0.2, 0) is 0 Å². The smallest absolute Gasteiger partial charge is 0.0654 e. The van der Waals surface area contributed by atoms with Gasteiger partial charge in [0.1, 0.15) is 0 Å². The van der Waals surface area contributed by atoms with Gasteiger partial charge in [0.15, 0.2) is 0 Å². The van der Waals surface area contributed by atoms with E-state index < -0.39 is 0 Å². The summed E-state index contributed by atoms with van der Waals surface area (Å²) in [7, 11) is 0.